The SMILES string of the molecule is CNC(=O)N(CCOc1ccc(-c2ccccc2)cc1)Cc1cccc(F)c1. The van der Waals surface area contributed by atoms with Gasteiger partial charge in [0.2, 0.25) is 0 Å². The zero-order chi connectivity index (χ0) is 19.8. The normalized spacial score (nSPS) is 10.4. The van der Waals surface area contributed by atoms with Gasteiger partial charge in [0.15, 0.2) is 0 Å². The van der Waals surface area contributed by atoms with Gasteiger partial charge in [0.1, 0.15) is 18.2 Å². The topological polar surface area (TPSA) is 41.6 Å². The number of benzene rings is 3. The first-order valence-corrected chi connectivity index (χ1v) is 9.15. The molecule has 2 amide bonds. The molecule has 0 saturated heterocycles. The summed E-state index contributed by atoms with van der Waals surface area (Å²) in [6, 6.07) is 24.0. The third-order valence-electron chi connectivity index (χ3n) is 4.35. The molecule has 0 atom stereocenters. The predicted octanol–water partition coefficient (Wildman–Crippen LogP) is 4.71. The molecular weight excluding hydrogens is 355 g/mol. The summed E-state index contributed by atoms with van der Waals surface area (Å²) >= 11 is 0. The Morgan fingerprint density at radius 1 is 0.964 bits per heavy atom. The smallest absolute Gasteiger partial charge is 0.317 e. The van der Waals surface area contributed by atoms with E-state index in [-0.39, 0.29) is 11.8 Å². The van der Waals surface area contributed by atoms with Gasteiger partial charge in [0.05, 0.1) is 6.54 Å². The second-order valence-electron chi connectivity index (χ2n) is 6.35. The maximum Gasteiger partial charge on any atom is 0.317 e. The van der Waals surface area contributed by atoms with E-state index >= 15 is 0 Å². The van der Waals surface area contributed by atoms with E-state index < -0.39 is 0 Å². The van der Waals surface area contributed by atoms with Gasteiger partial charge in [-0.05, 0) is 41.0 Å². The Labute approximate surface area is 164 Å². The zero-order valence-electron chi connectivity index (χ0n) is 15.8. The minimum Gasteiger partial charge on any atom is -0.492 e. The predicted molar refractivity (Wildman–Crippen MR) is 109 cm³/mol. The van der Waals surface area contributed by atoms with Crippen LogP contribution in [0.15, 0.2) is 78.9 Å². The number of nitrogens with one attached hydrogen (secondary N) is 1. The molecule has 0 aromatic heterocycles. The highest BCUT2D eigenvalue weighted by Crippen LogP contribution is 2.22. The van der Waals surface area contributed by atoms with Crippen molar-refractivity contribution in [2.45, 2.75) is 6.54 Å². The van der Waals surface area contributed by atoms with Crippen molar-refractivity contribution in [3.8, 4) is 16.9 Å². The number of rotatable bonds is 7. The fourth-order valence-corrected chi connectivity index (χ4v) is 2.91. The summed E-state index contributed by atoms with van der Waals surface area (Å²) in [7, 11) is 1.57. The Bertz CT molecular complexity index is 898. The summed E-state index contributed by atoms with van der Waals surface area (Å²) in [5, 5.41) is 2.61. The highest BCUT2D eigenvalue weighted by atomic mass is 19.1. The molecule has 3 rings (SSSR count). The Morgan fingerprint density at radius 2 is 1.68 bits per heavy atom. The maximum absolute atomic E-state index is 13.4. The van der Waals surface area contributed by atoms with E-state index in [1.54, 1.807) is 24.1 Å². The number of ether oxygens (including phenoxy) is 1. The fraction of sp³-hybridized carbons (Fsp3) is 0.174. The first-order valence-electron chi connectivity index (χ1n) is 9.15. The lowest BCUT2D eigenvalue weighted by Crippen LogP contribution is -2.40. The zero-order valence-corrected chi connectivity index (χ0v) is 15.8. The third-order valence-corrected chi connectivity index (χ3v) is 4.35. The Morgan fingerprint density at radius 3 is 2.36 bits per heavy atom. The second kappa shape index (κ2) is 9.55. The third kappa shape index (κ3) is 5.33. The van der Waals surface area contributed by atoms with Crippen LogP contribution in [0.1, 0.15) is 5.56 Å². The van der Waals surface area contributed by atoms with Crippen LogP contribution >= 0.6 is 0 Å². The molecule has 0 aliphatic heterocycles. The maximum atomic E-state index is 13.4. The minimum atomic E-state index is -0.316. The van der Waals surface area contributed by atoms with Gasteiger partial charge in [0.25, 0.3) is 0 Å². The Balaban J connectivity index is 1.57. The summed E-state index contributed by atoms with van der Waals surface area (Å²) in [6.45, 7) is 1.04. The average molecular weight is 378 g/mol. The first-order chi connectivity index (χ1) is 13.7. The summed E-state index contributed by atoms with van der Waals surface area (Å²) in [4.78, 5) is 13.7. The molecule has 0 aliphatic rings. The van der Waals surface area contributed by atoms with E-state index in [1.807, 2.05) is 42.5 Å². The molecule has 0 saturated carbocycles. The molecule has 3 aromatic rings. The van der Waals surface area contributed by atoms with Crippen LogP contribution in [0.2, 0.25) is 0 Å². The van der Waals surface area contributed by atoms with Crippen molar-refractivity contribution in [1.29, 1.82) is 0 Å². The number of nitrogens with zero attached hydrogens (tertiary/aromatic N) is 1. The molecule has 0 aliphatic carbocycles. The summed E-state index contributed by atoms with van der Waals surface area (Å²) in [6.07, 6.45) is 0. The lowest BCUT2D eigenvalue weighted by atomic mass is 10.1. The van der Waals surface area contributed by atoms with Gasteiger partial charge in [-0.3, -0.25) is 0 Å². The molecule has 0 fully saturated rings. The molecule has 5 heteroatoms. The van der Waals surface area contributed by atoms with E-state index in [0.717, 1.165) is 22.4 Å². The number of amides is 2. The van der Waals surface area contributed by atoms with Crippen LogP contribution in [0.3, 0.4) is 0 Å². The highest BCUT2D eigenvalue weighted by molar-refractivity contribution is 5.73. The number of urea groups is 1. The highest BCUT2D eigenvalue weighted by Gasteiger charge is 2.13. The Kier molecular flexibility index (Phi) is 6.63. The van der Waals surface area contributed by atoms with Crippen LogP contribution in [-0.2, 0) is 6.54 Å². The molecular formula is C23H23FN2O2. The number of hydrogen-bond donors (Lipinski definition) is 1. The van der Waals surface area contributed by atoms with Crippen molar-refractivity contribution >= 4 is 6.03 Å². The van der Waals surface area contributed by atoms with E-state index in [2.05, 4.69) is 17.4 Å². The van der Waals surface area contributed by atoms with Crippen molar-refractivity contribution in [3.63, 3.8) is 0 Å². The molecule has 0 bridgehead atoms. The first kappa shape index (κ1) is 19.4. The number of carbonyl (C=O) groups excluding carboxylic acids is 1. The lowest BCUT2D eigenvalue weighted by Gasteiger charge is -2.22. The summed E-state index contributed by atoms with van der Waals surface area (Å²) < 4.78 is 19.2. The summed E-state index contributed by atoms with van der Waals surface area (Å²) in [5.41, 5.74) is 3.00. The number of halogens is 1. The second-order valence-corrected chi connectivity index (χ2v) is 6.35. The fourth-order valence-electron chi connectivity index (χ4n) is 2.91. The molecule has 0 spiro atoms. The quantitative estimate of drug-likeness (QED) is 0.647. The van der Waals surface area contributed by atoms with E-state index in [9.17, 15) is 9.18 Å². The molecule has 3 aromatic carbocycles. The van der Waals surface area contributed by atoms with Crippen LogP contribution in [0, 0.1) is 5.82 Å². The van der Waals surface area contributed by atoms with Gasteiger partial charge < -0.3 is 15.0 Å². The number of hydrogen-bond acceptors (Lipinski definition) is 2. The molecule has 0 unspecified atom stereocenters. The van der Waals surface area contributed by atoms with Crippen molar-refractivity contribution in [2.75, 3.05) is 20.2 Å². The van der Waals surface area contributed by atoms with Gasteiger partial charge in [-0.2, -0.15) is 0 Å². The van der Waals surface area contributed by atoms with Crippen molar-refractivity contribution in [1.82, 2.24) is 10.2 Å². The van der Waals surface area contributed by atoms with Crippen molar-refractivity contribution in [3.05, 3.63) is 90.2 Å². The lowest BCUT2D eigenvalue weighted by molar-refractivity contribution is 0.181. The molecule has 0 radical (unpaired) electrons. The van der Waals surface area contributed by atoms with Crippen molar-refractivity contribution < 1.29 is 13.9 Å². The molecule has 28 heavy (non-hydrogen) atoms. The Hall–Kier alpha value is -3.34. The van der Waals surface area contributed by atoms with Gasteiger partial charge in [-0.1, -0.05) is 54.6 Å². The minimum absolute atomic E-state index is 0.229. The van der Waals surface area contributed by atoms with Crippen LogP contribution in [0.25, 0.3) is 11.1 Å². The monoisotopic (exact) mass is 378 g/mol. The molecule has 0 heterocycles. The summed E-state index contributed by atoms with van der Waals surface area (Å²) in [5.74, 6) is 0.423. The van der Waals surface area contributed by atoms with Crippen LogP contribution in [-0.4, -0.2) is 31.1 Å². The average Bonchev–Trinajstić information content (AvgIpc) is 2.73. The number of carbonyl (C=O) groups is 1. The van der Waals surface area contributed by atoms with Crippen molar-refractivity contribution in [2.24, 2.45) is 0 Å². The van der Waals surface area contributed by atoms with Gasteiger partial charge in [0, 0.05) is 13.6 Å². The molecule has 144 valence electrons. The molecule has 1 N–H and O–H groups in total. The van der Waals surface area contributed by atoms with Crippen LogP contribution < -0.4 is 10.1 Å². The van der Waals surface area contributed by atoms with Gasteiger partial charge in [-0.15, -0.1) is 0 Å². The van der Waals surface area contributed by atoms with Gasteiger partial charge in [-0.25, -0.2) is 9.18 Å². The van der Waals surface area contributed by atoms with Crippen LogP contribution in [0.5, 0.6) is 5.75 Å². The standard InChI is InChI=1S/C23H23FN2O2/c1-25-23(27)26(17-18-6-5-9-21(24)16-18)14-15-28-22-12-10-20(11-13-22)19-7-3-2-4-8-19/h2-13,16H,14-15,17H2,1H3,(H,25,27). The van der Waals surface area contributed by atoms with E-state index in [4.69, 9.17) is 4.74 Å². The van der Waals surface area contributed by atoms with E-state index in [0.29, 0.717) is 19.7 Å². The van der Waals surface area contributed by atoms with Gasteiger partial charge >= 0.3 is 6.03 Å². The van der Waals surface area contributed by atoms with Crippen LogP contribution in [0.4, 0.5) is 9.18 Å². The van der Waals surface area contributed by atoms with E-state index in [1.165, 1.54) is 12.1 Å². The largest absolute Gasteiger partial charge is 0.492 e. The molecule has 4 nitrogen and oxygen atoms in total.